The van der Waals surface area contributed by atoms with Gasteiger partial charge in [-0.1, -0.05) is 20.8 Å². The molecule has 0 aliphatic heterocycles. The van der Waals surface area contributed by atoms with E-state index in [9.17, 15) is 27.6 Å². The van der Waals surface area contributed by atoms with Crippen LogP contribution in [-0.2, 0) is 16.8 Å². The normalized spacial score (nSPS) is 11.8. The molecule has 13 heteroatoms. The lowest BCUT2D eigenvalue weighted by atomic mass is 9.84. The summed E-state index contributed by atoms with van der Waals surface area (Å²) in [7, 11) is 4.77. The van der Waals surface area contributed by atoms with Crippen LogP contribution in [-0.4, -0.2) is 67.7 Å². The molecule has 228 valence electrons. The van der Waals surface area contributed by atoms with Crippen molar-refractivity contribution in [2.45, 2.75) is 52.8 Å². The Bertz CT molecular complexity index is 1510. The second-order valence-corrected chi connectivity index (χ2v) is 10.6. The number of pyridine rings is 1. The largest absolute Gasteiger partial charge is 0.494 e. The van der Waals surface area contributed by atoms with Crippen molar-refractivity contribution in [1.82, 2.24) is 14.9 Å². The van der Waals surface area contributed by atoms with Gasteiger partial charge < -0.3 is 29.6 Å². The molecule has 0 saturated heterocycles. The molecule has 2 amide bonds. The number of aromatic nitrogens is 2. The summed E-state index contributed by atoms with van der Waals surface area (Å²) < 4.78 is 52.3. The highest BCUT2D eigenvalue weighted by Crippen LogP contribution is 2.40. The summed E-state index contributed by atoms with van der Waals surface area (Å²) in [5, 5.41) is 4.51. The molecule has 0 atom stereocenters. The molecule has 10 nitrogen and oxygen atoms in total. The van der Waals surface area contributed by atoms with Crippen LogP contribution in [0.3, 0.4) is 0 Å². The number of amides is 2. The molecule has 0 radical (unpaired) electrons. The third kappa shape index (κ3) is 6.60. The molecule has 0 aliphatic carbocycles. The van der Waals surface area contributed by atoms with E-state index in [4.69, 9.17) is 9.47 Å². The average molecular weight is 592 g/mol. The molecule has 0 unspecified atom stereocenters. The van der Waals surface area contributed by atoms with E-state index in [-0.39, 0.29) is 34.8 Å². The first-order valence-corrected chi connectivity index (χ1v) is 13.3. The number of fused-ring (bicyclic) bond motifs is 1. The van der Waals surface area contributed by atoms with Gasteiger partial charge in [-0.15, -0.1) is 0 Å². The van der Waals surface area contributed by atoms with Gasteiger partial charge in [0.05, 0.1) is 25.9 Å². The van der Waals surface area contributed by atoms with E-state index in [1.807, 2.05) is 45.0 Å². The van der Waals surface area contributed by atoms with Crippen LogP contribution < -0.4 is 25.0 Å². The Morgan fingerprint density at radius 1 is 1.10 bits per heavy atom. The molecule has 2 heterocycles. The van der Waals surface area contributed by atoms with Gasteiger partial charge in [-0.2, -0.15) is 13.2 Å². The van der Waals surface area contributed by atoms with Crippen LogP contribution >= 0.6 is 0 Å². The van der Waals surface area contributed by atoms with E-state index in [1.165, 1.54) is 23.9 Å². The van der Waals surface area contributed by atoms with Crippen LogP contribution in [0.15, 0.2) is 24.4 Å². The first kappa shape index (κ1) is 32.2. The fraction of sp³-hybridized carbons (Fsp3) is 0.448. The van der Waals surface area contributed by atoms with Crippen molar-refractivity contribution in [2.24, 2.45) is 0 Å². The monoisotopic (exact) mass is 591 g/mol. The lowest BCUT2D eigenvalue weighted by Gasteiger charge is -2.28. The highest BCUT2D eigenvalue weighted by molar-refractivity contribution is 6.06. The van der Waals surface area contributed by atoms with E-state index in [0.29, 0.717) is 23.5 Å². The number of ether oxygens (including phenoxy) is 2. The van der Waals surface area contributed by atoms with Crippen LogP contribution in [0, 0.1) is 0 Å². The molecule has 0 spiro atoms. The molecule has 3 rings (SSSR count). The second-order valence-electron chi connectivity index (χ2n) is 10.6. The molecule has 0 fully saturated rings. The van der Waals surface area contributed by atoms with Gasteiger partial charge in [-0.3, -0.25) is 14.4 Å². The van der Waals surface area contributed by atoms with Crippen LogP contribution in [0.5, 0.6) is 11.5 Å². The predicted molar refractivity (Wildman–Crippen MR) is 154 cm³/mol. The molecule has 2 aromatic heterocycles. The number of nitrogens with zero attached hydrogens (tertiary/aromatic N) is 3. The molecule has 1 aromatic carbocycles. The number of ketones is 1. The number of Topliss-reactive ketones (excluding diaryl/α,β-unsaturated/α-hetero) is 1. The molecule has 42 heavy (non-hydrogen) atoms. The quantitative estimate of drug-likeness (QED) is 0.321. The van der Waals surface area contributed by atoms with Gasteiger partial charge in [0.15, 0.2) is 17.2 Å². The Balaban J connectivity index is 2.23. The maximum Gasteiger partial charge on any atom is 0.471 e. The van der Waals surface area contributed by atoms with E-state index in [2.05, 4.69) is 10.3 Å². The van der Waals surface area contributed by atoms with Crippen LogP contribution in [0.25, 0.3) is 10.9 Å². The van der Waals surface area contributed by atoms with Crippen LogP contribution in [0.4, 0.5) is 24.7 Å². The summed E-state index contributed by atoms with van der Waals surface area (Å²) in [5.74, 6) is -3.00. The molecule has 0 saturated carbocycles. The SMILES string of the molecule is CCOc1cc2cn(CC(=O)c3cc(N(C)CC)c(OC)c(C(C)(C)C)c3)c(NC(=O)C(F)(F)F)c2nc1C(=O)NC. The maximum atomic E-state index is 13.7. The first-order valence-electron chi connectivity index (χ1n) is 13.3. The van der Waals surface area contributed by atoms with Crippen molar-refractivity contribution in [2.75, 3.05) is 44.6 Å². The number of alkyl halides is 3. The van der Waals surface area contributed by atoms with Crippen LogP contribution in [0.1, 0.15) is 61.0 Å². The number of carbonyl (C=O) groups is 3. The molecular formula is C29H36F3N5O5. The third-order valence-electron chi connectivity index (χ3n) is 6.66. The lowest BCUT2D eigenvalue weighted by molar-refractivity contribution is -0.167. The van der Waals surface area contributed by atoms with Crippen molar-refractivity contribution in [1.29, 1.82) is 0 Å². The maximum absolute atomic E-state index is 13.7. The number of anilines is 2. The summed E-state index contributed by atoms with van der Waals surface area (Å²) in [4.78, 5) is 44.4. The van der Waals surface area contributed by atoms with Gasteiger partial charge in [0, 0.05) is 43.4 Å². The molecule has 0 bridgehead atoms. The zero-order valence-corrected chi connectivity index (χ0v) is 24.9. The molecular weight excluding hydrogens is 555 g/mol. The Labute approximate surface area is 242 Å². The Hall–Kier alpha value is -4.29. The zero-order valence-electron chi connectivity index (χ0n) is 24.9. The van der Waals surface area contributed by atoms with Gasteiger partial charge in [-0.05, 0) is 37.5 Å². The Morgan fingerprint density at radius 3 is 2.29 bits per heavy atom. The smallest absolute Gasteiger partial charge is 0.471 e. The van der Waals surface area contributed by atoms with Gasteiger partial charge in [0.25, 0.3) is 5.91 Å². The van der Waals surface area contributed by atoms with Gasteiger partial charge in [-0.25, -0.2) is 4.98 Å². The summed E-state index contributed by atoms with van der Waals surface area (Å²) >= 11 is 0. The van der Waals surface area contributed by atoms with E-state index < -0.39 is 35.7 Å². The van der Waals surface area contributed by atoms with Crippen molar-refractivity contribution in [3.05, 3.63) is 41.2 Å². The Kier molecular flexibility index (Phi) is 9.43. The fourth-order valence-electron chi connectivity index (χ4n) is 4.39. The minimum atomic E-state index is -5.21. The standard InChI is InChI=1S/C29H36F3N5O5/c1-9-36(7)19-12-16(11-18(24(19)41-8)28(3,4)5)20(38)15-37-14-17-13-21(42-10-2)23(26(39)33-6)34-22(17)25(37)35-27(40)29(30,31)32/h11-14H,9-10,15H2,1-8H3,(H,33,39)(H,35,40). The number of benzene rings is 1. The minimum Gasteiger partial charge on any atom is -0.494 e. The number of nitrogens with one attached hydrogen (secondary N) is 2. The van der Waals surface area contributed by atoms with Gasteiger partial charge >= 0.3 is 12.1 Å². The lowest BCUT2D eigenvalue weighted by Crippen LogP contribution is -2.31. The molecule has 0 aliphatic rings. The van der Waals surface area contributed by atoms with Gasteiger partial charge in [0.1, 0.15) is 17.1 Å². The van der Waals surface area contributed by atoms with Crippen molar-refractivity contribution in [3.8, 4) is 11.5 Å². The van der Waals surface area contributed by atoms with Crippen molar-refractivity contribution >= 4 is 40.0 Å². The van der Waals surface area contributed by atoms with Gasteiger partial charge in [0.2, 0.25) is 0 Å². The number of methoxy groups -OCH3 is 1. The summed E-state index contributed by atoms with van der Waals surface area (Å²) in [6.07, 6.45) is -3.83. The number of halogens is 3. The average Bonchev–Trinajstić information content (AvgIpc) is 3.25. The first-order chi connectivity index (χ1) is 19.6. The highest BCUT2D eigenvalue weighted by atomic mass is 19.4. The Morgan fingerprint density at radius 2 is 1.76 bits per heavy atom. The number of carbonyl (C=O) groups excluding carboxylic acids is 3. The zero-order chi connectivity index (χ0) is 31.6. The third-order valence-corrected chi connectivity index (χ3v) is 6.66. The van der Waals surface area contributed by atoms with Crippen molar-refractivity contribution < 1.29 is 37.0 Å². The second kappa shape index (κ2) is 12.3. The van der Waals surface area contributed by atoms with E-state index in [1.54, 1.807) is 26.2 Å². The molecule has 3 aromatic rings. The number of hydrogen-bond acceptors (Lipinski definition) is 7. The summed E-state index contributed by atoms with van der Waals surface area (Å²) in [5.41, 5.74) is 1.05. The van der Waals surface area contributed by atoms with Crippen LogP contribution in [0.2, 0.25) is 0 Å². The minimum absolute atomic E-state index is 0.0961. The summed E-state index contributed by atoms with van der Waals surface area (Å²) in [6.45, 7) is 9.95. The van der Waals surface area contributed by atoms with Crippen molar-refractivity contribution in [3.63, 3.8) is 0 Å². The predicted octanol–water partition coefficient (Wildman–Crippen LogP) is 4.94. The topological polar surface area (TPSA) is 115 Å². The highest BCUT2D eigenvalue weighted by Gasteiger charge is 2.40. The van der Waals surface area contributed by atoms with E-state index >= 15 is 0 Å². The summed E-state index contributed by atoms with van der Waals surface area (Å²) in [6, 6.07) is 4.81. The molecule has 2 N–H and O–H groups in total. The number of hydrogen-bond donors (Lipinski definition) is 2. The van der Waals surface area contributed by atoms with E-state index in [0.717, 1.165) is 5.56 Å². The number of rotatable bonds is 10. The fourth-order valence-corrected chi connectivity index (χ4v) is 4.39.